The number of aryl methyl sites for hydroxylation is 1. The predicted molar refractivity (Wildman–Crippen MR) is 115 cm³/mol. The molecule has 0 aliphatic rings. The van der Waals surface area contributed by atoms with Gasteiger partial charge >= 0.3 is 0 Å². The summed E-state index contributed by atoms with van der Waals surface area (Å²) in [4.78, 5) is 31.7. The van der Waals surface area contributed by atoms with Crippen molar-refractivity contribution in [2.24, 2.45) is 5.92 Å². The summed E-state index contributed by atoms with van der Waals surface area (Å²) in [6.45, 7) is 6.64. The molecule has 2 aromatic carbocycles. The number of fused-ring (bicyclic) bond motifs is 1. The van der Waals surface area contributed by atoms with Crippen molar-refractivity contribution in [3.63, 3.8) is 0 Å². The third-order valence-corrected chi connectivity index (χ3v) is 5.36. The first-order valence-electron chi connectivity index (χ1n) is 9.43. The molecule has 1 aromatic heterocycles. The molecule has 0 fully saturated rings. The molecule has 0 atom stereocenters. The lowest BCUT2D eigenvalue weighted by atomic mass is 10.0. The van der Waals surface area contributed by atoms with E-state index in [4.69, 9.17) is 0 Å². The van der Waals surface area contributed by atoms with Crippen LogP contribution in [0.3, 0.4) is 0 Å². The van der Waals surface area contributed by atoms with Crippen LogP contribution in [-0.2, 0) is 4.79 Å². The molecular formula is C22H25N3O2S. The number of aromatic nitrogens is 1. The number of thiazole rings is 1. The van der Waals surface area contributed by atoms with Gasteiger partial charge in [0, 0.05) is 17.5 Å². The van der Waals surface area contributed by atoms with Crippen LogP contribution in [0.4, 0.5) is 5.13 Å². The fraction of sp³-hybridized carbons (Fsp3) is 0.318. The van der Waals surface area contributed by atoms with Gasteiger partial charge in [-0.1, -0.05) is 50.2 Å². The lowest BCUT2D eigenvalue weighted by Gasteiger charge is -2.23. The monoisotopic (exact) mass is 395 g/mol. The summed E-state index contributed by atoms with van der Waals surface area (Å²) in [7, 11) is 0. The van der Waals surface area contributed by atoms with Gasteiger partial charge in [0.1, 0.15) is 6.54 Å². The van der Waals surface area contributed by atoms with Crippen LogP contribution in [-0.4, -0.2) is 34.8 Å². The Morgan fingerprint density at radius 3 is 2.61 bits per heavy atom. The highest BCUT2D eigenvalue weighted by Gasteiger charge is 2.21. The molecule has 0 aliphatic carbocycles. The van der Waals surface area contributed by atoms with Crippen molar-refractivity contribution in [1.29, 1.82) is 0 Å². The molecule has 2 amide bonds. The summed E-state index contributed by atoms with van der Waals surface area (Å²) in [6.07, 6.45) is 0.833. The van der Waals surface area contributed by atoms with Gasteiger partial charge in [0.2, 0.25) is 5.91 Å². The van der Waals surface area contributed by atoms with Crippen molar-refractivity contribution in [2.75, 3.05) is 18.4 Å². The normalized spacial score (nSPS) is 11.0. The minimum atomic E-state index is -0.230. The lowest BCUT2D eigenvalue weighted by Crippen LogP contribution is -2.39. The second kappa shape index (κ2) is 8.97. The molecule has 0 radical (unpaired) electrons. The Balaban J connectivity index is 1.81. The summed E-state index contributed by atoms with van der Waals surface area (Å²) >= 11 is 1.38. The number of rotatable bonds is 7. The molecule has 1 N–H and O–H groups in total. The maximum Gasteiger partial charge on any atom is 0.254 e. The van der Waals surface area contributed by atoms with Crippen LogP contribution in [0.1, 0.15) is 36.3 Å². The molecule has 0 aliphatic heterocycles. The molecular weight excluding hydrogens is 370 g/mol. The van der Waals surface area contributed by atoms with Crippen LogP contribution in [0.5, 0.6) is 0 Å². The van der Waals surface area contributed by atoms with Crippen molar-refractivity contribution >= 4 is 39.1 Å². The zero-order valence-electron chi connectivity index (χ0n) is 16.4. The van der Waals surface area contributed by atoms with E-state index in [1.54, 1.807) is 4.90 Å². The average molecular weight is 396 g/mol. The number of carbonyl (C=O) groups is 2. The topological polar surface area (TPSA) is 62.3 Å². The Hall–Kier alpha value is -2.73. The van der Waals surface area contributed by atoms with Crippen molar-refractivity contribution in [1.82, 2.24) is 9.88 Å². The molecule has 146 valence electrons. The molecule has 3 rings (SSSR count). The highest BCUT2D eigenvalue weighted by Crippen LogP contribution is 2.21. The molecule has 28 heavy (non-hydrogen) atoms. The highest BCUT2D eigenvalue weighted by atomic mass is 32.1. The van der Waals surface area contributed by atoms with Gasteiger partial charge in [0.15, 0.2) is 5.13 Å². The first-order chi connectivity index (χ1) is 13.4. The molecule has 0 bridgehead atoms. The molecule has 3 aromatic rings. The van der Waals surface area contributed by atoms with Gasteiger partial charge in [-0.25, -0.2) is 4.98 Å². The van der Waals surface area contributed by atoms with Gasteiger partial charge in [-0.3, -0.25) is 9.59 Å². The second-order valence-corrected chi connectivity index (χ2v) is 8.14. The first kappa shape index (κ1) is 20.0. The Kier molecular flexibility index (Phi) is 6.41. The van der Waals surface area contributed by atoms with E-state index in [2.05, 4.69) is 24.1 Å². The number of amides is 2. The zero-order valence-corrected chi connectivity index (χ0v) is 17.3. The second-order valence-electron chi connectivity index (χ2n) is 7.28. The Morgan fingerprint density at radius 2 is 1.89 bits per heavy atom. The lowest BCUT2D eigenvalue weighted by molar-refractivity contribution is -0.116. The Bertz CT molecular complexity index is 975. The molecule has 0 unspecified atom stereocenters. The van der Waals surface area contributed by atoms with E-state index in [0.717, 1.165) is 22.9 Å². The first-order valence-corrected chi connectivity index (χ1v) is 10.3. The number of hydrogen-bond donors (Lipinski definition) is 1. The van der Waals surface area contributed by atoms with Crippen LogP contribution in [0.15, 0.2) is 47.8 Å². The Labute approximate surface area is 169 Å². The van der Waals surface area contributed by atoms with E-state index < -0.39 is 0 Å². The largest absolute Gasteiger partial charge is 0.329 e. The van der Waals surface area contributed by atoms with E-state index in [-0.39, 0.29) is 18.4 Å². The molecule has 5 nitrogen and oxygen atoms in total. The molecule has 0 saturated carbocycles. The van der Waals surface area contributed by atoms with Gasteiger partial charge in [-0.05, 0) is 36.1 Å². The van der Waals surface area contributed by atoms with Crippen LogP contribution < -0.4 is 5.32 Å². The van der Waals surface area contributed by atoms with E-state index in [1.165, 1.54) is 11.3 Å². The number of hydrogen-bond acceptors (Lipinski definition) is 4. The van der Waals surface area contributed by atoms with Gasteiger partial charge in [-0.2, -0.15) is 0 Å². The summed E-state index contributed by atoms with van der Waals surface area (Å²) in [5.74, 6) is 0.0853. The quantitative estimate of drug-likeness (QED) is 0.629. The number of anilines is 1. The minimum Gasteiger partial charge on any atom is -0.329 e. The zero-order chi connectivity index (χ0) is 20.1. The highest BCUT2D eigenvalue weighted by molar-refractivity contribution is 7.13. The van der Waals surface area contributed by atoms with Crippen LogP contribution >= 0.6 is 11.3 Å². The number of benzene rings is 2. The van der Waals surface area contributed by atoms with Crippen LogP contribution in [0, 0.1) is 12.8 Å². The standard InChI is InChI=1S/C22H25N3O2S/c1-15(2)11-12-25(13-20(26)24-22-23-16(3)14-28-22)21(27)19-10-6-8-17-7-4-5-9-18(17)19/h4-10,14-15H,11-13H2,1-3H3,(H,23,24,26). The summed E-state index contributed by atoms with van der Waals surface area (Å²) in [6, 6.07) is 13.5. The fourth-order valence-corrected chi connectivity index (χ4v) is 3.70. The third-order valence-electron chi connectivity index (χ3n) is 4.48. The number of nitrogens with zero attached hydrogens (tertiary/aromatic N) is 2. The molecule has 6 heteroatoms. The van der Waals surface area contributed by atoms with Crippen molar-refractivity contribution in [3.05, 3.63) is 59.1 Å². The van der Waals surface area contributed by atoms with Crippen molar-refractivity contribution in [3.8, 4) is 0 Å². The van der Waals surface area contributed by atoms with Crippen molar-refractivity contribution < 1.29 is 9.59 Å². The van der Waals surface area contributed by atoms with E-state index in [9.17, 15) is 9.59 Å². The van der Waals surface area contributed by atoms with Crippen molar-refractivity contribution in [2.45, 2.75) is 27.2 Å². The fourth-order valence-electron chi connectivity index (χ4n) is 2.99. The Morgan fingerprint density at radius 1 is 1.14 bits per heavy atom. The van der Waals surface area contributed by atoms with Gasteiger partial charge < -0.3 is 10.2 Å². The summed E-state index contributed by atoms with van der Waals surface area (Å²) in [5.41, 5.74) is 1.49. The number of carbonyl (C=O) groups excluding carboxylic acids is 2. The van der Waals surface area contributed by atoms with E-state index >= 15 is 0 Å². The van der Waals surface area contributed by atoms with Gasteiger partial charge in [0.05, 0.1) is 5.69 Å². The smallest absolute Gasteiger partial charge is 0.254 e. The molecule has 0 saturated heterocycles. The molecule has 0 spiro atoms. The number of nitrogens with one attached hydrogen (secondary N) is 1. The molecule has 1 heterocycles. The summed E-state index contributed by atoms with van der Waals surface area (Å²) < 4.78 is 0. The average Bonchev–Trinajstić information content (AvgIpc) is 3.08. The third kappa shape index (κ3) is 4.95. The SMILES string of the molecule is Cc1csc(NC(=O)CN(CCC(C)C)C(=O)c2cccc3ccccc23)n1. The van der Waals surface area contributed by atoms with E-state index in [0.29, 0.717) is 23.2 Å². The summed E-state index contributed by atoms with van der Waals surface area (Å²) in [5, 5.41) is 7.16. The van der Waals surface area contributed by atoms with Crippen LogP contribution in [0.2, 0.25) is 0 Å². The van der Waals surface area contributed by atoms with Gasteiger partial charge in [0.25, 0.3) is 5.91 Å². The maximum atomic E-state index is 13.3. The van der Waals surface area contributed by atoms with Crippen LogP contribution in [0.25, 0.3) is 10.8 Å². The van der Waals surface area contributed by atoms with E-state index in [1.807, 2.05) is 54.8 Å². The van der Waals surface area contributed by atoms with Gasteiger partial charge in [-0.15, -0.1) is 11.3 Å². The predicted octanol–water partition coefficient (Wildman–Crippen LogP) is 4.73. The maximum absolute atomic E-state index is 13.3. The minimum absolute atomic E-state index is 0.00734.